The van der Waals surface area contributed by atoms with Crippen LogP contribution >= 0.6 is 11.6 Å². The van der Waals surface area contributed by atoms with Crippen LogP contribution in [0.25, 0.3) is 0 Å². The predicted molar refractivity (Wildman–Crippen MR) is 81.2 cm³/mol. The average molecular weight is 282 g/mol. The first-order valence-electron chi connectivity index (χ1n) is 7.30. The number of rotatable bonds is 5. The van der Waals surface area contributed by atoms with E-state index >= 15 is 0 Å². The van der Waals surface area contributed by atoms with Gasteiger partial charge >= 0.3 is 0 Å². The van der Waals surface area contributed by atoms with Gasteiger partial charge < -0.3 is 4.90 Å². The number of aromatic nitrogens is 2. The Morgan fingerprint density at radius 1 is 1.32 bits per heavy atom. The lowest BCUT2D eigenvalue weighted by molar-refractivity contribution is 0.602. The third-order valence-corrected chi connectivity index (χ3v) is 3.97. The number of halogens is 1. The summed E-state index contributed by atoms with van der Waals surface area (Å²) < 4.78 is 0. The van der Waals surface area contributed by atoms with Crippen LogP contribution in [0.5, 0.6) is 0 Å². The maximum absolute atomic E-state index is 5.97. The Hall–Kier alpha value is -0.830. The van der Waals surface area contributed by atoms with Crippen LogP contribution < -0.4 is 4.90 Å². The van der Waals surface area contributed by atoms with Crippen LogP contribution in [0.2, 0.25) is 0 Å². The van der Waals surface area contributed by atoms with Gasteiger partial charge in [-0.25, -0.2) is 9.97 Å². The molecule has 106 valence electrons. The molecule has 2 rings (SSSR count). The summed E-state index contributed by atoms with van der Waals surface area (Å²) in [6, 6.07) is 2.65. The van der Waals surface area contributed by atoms with E-state index in [-0.39, 0.29) is 0 Å². The summed E-state index contributed by atoms with van der Waals surface area (Å²) in [4.78, 5) is 11.7. The maximum Gasteiger partial charge on any atom is 0.226 e. The lowest BCUT2D eigenvalue weighted by atomic mass is 10.1. The summed E-state index contributed by atoms with van der Waals surface area (Å²) >= 11 is 5.97. The zero-order chi connectivity index (χ0) is 13.8. The summed E-state index contributed by atoms with van der Waals surface area (Å²) in [5, 5.41) is 0. The first-order valence-corrected chi connectivity index (χ1v) is 7.83. The van der Waals surface area contributed by atoms with E-state index in [2.05, 4.69) is 29.8 Å². The Morgan fingerprint density at radius 2 is 2.00 bits per heavy atom. The van der Waals surface area contributed by atoms with Gasteiger partial charge in [0.05, 0.1) is 0 Å². The van der Waals surface area contributed by atoms with Crippen LogP contribution in [-0.4, -0.2) is 28.4 Å². The molecule has 0 unspecified atom stereocenters. The van der Waals surface area contributed by atoms with Gasteiger partial charge in [0.1, 0.15) is 0 Å². The monoisotopic (exact) mass is 281 g/mol. The topological polar surface area (TPSA) is 29.0 Å². The molecule has 0 aromatic carbocycles. The Bertz CT molecular complexity index is 414. The van der Waals surface area contributed by atoms with Crippen molar-refractivity contribution in [1.29, 1.82) is 0 Å². The maximum atomic E-state index is 5.97. The molecule has 19 heavy (non-hydrogen) atoms. The Labute approximate surface area is 121 Å². The Balaban J connectivity index is 2.29. The van der Waals surface area contributed by atoms with Crippen molar-refractivity contribution in [1.82, 2.24) is 9.97 Å². The van der Waals surface area contributed by atoms with Crippen molar-refractivity contribution >= 4 is 17.5 Å². The molecule has 0 atom stereocenters. The molecule has 1 fully saturated rings. The van der Waals surface area contributed by atoms with E-state index in [4.69, 9.17) is 16.6 Å². The molecule has 1 saturated carbocycles. The van der Waals surface area contributed by atoms with E-state index in [9.17, 15) is 0 Å². The fourth-order valence-corrected chi connectivity index (χ4v) is 2.94. The molecule has 0 bridgehead atoms. The lowest BCUT2D eigenvalue weighted by Crippen LogP contribution is -2.36. The first-order chi connectivity index (χ1) is 9.11. The SMILES string of the molecule is Cc1cc(C(C)C)nc(N(CCCl)C2CCCC2)n1. The van der Waals surface area contributed by atoms with Crippen LogP contribution in [0.4, 0.5) is 5.95 Å². The van der Waals surface area contributed by atoms with Gasteiger partial charge in [-0.3, -0.25) is 0 Å². The third kappa shape index (κ3) is 3.59. The third-order valence-electron chi connectivity index (χ3n) is 3.80. The van der Waals surface area contributed by atoms with Crippen LogP contribution in [0.3, 0.4) is 0 Å². The quantitative estimate of drug-likeness (QED) is 0.767. The summed E-state index contributed by atoms with van der Waals surface area (Å²) in [6.07, 6.45) is 5.11. The zero-order valence-electron chi connectivity index (χ0n) is 12.2. The number of anilines is 1. The van der Waals surface area contributed by atoms with E-state index in [1.165, 1.54) is 25.7 Å². The number of alkyl halides is 1. The summed E-state index contributed by atoms with van der Waals surface area (Å²) in [6.45, 7) is 7.23. The van der Waals surface area contributed by atoms with Gasteiger partial charge in [0, 0.05) is 29.9 Å². The second-order valence-electron chi connectivity index (χ2n) is 5.71. The van der Waals surface area contributed by atoms with Crippen LogP contribution in [0.15, 0.2) is 6.07 Å². The number of hydrogen-bond acceptors (Lipinski definition) is 3. The fraction of sp³-hybridized carbons (Fsp3) is 0.733. The summed E-state index contributed by atoms with van der Waals surface area (Å²) in [5.41, 5.74) is 2.17. The largest absolute Gasteiger partial charge is 0.337 e. The van der Waals surface area contributed by atoms with Gasteiger partial charge in [0.25, 0.3) is 0 Å². The second-order valence-corrected chi connectivity index (χ2v) is 6.09. The molecule has 1 aliphatic rings. The van der Waals surface area contributed by atoms with E-state index in [0.717, 1.165) is 23.9 Å². The van der Waals surface area contributed by atoms with Gasteiger partial charge in [-0.1, -0.05) is 26.7 Å². The summed E-state index contributed by atoms with van der Waals surface area (Å²) in [5.74, 6) is 1.93. The van der Waals surface area contributed by atoms with Crippen molar-refractivity contribution in [3.8, 4) is 0 Å². The van der Waals surface area contributed by atoms with Gasteiger partial charge in [-0.2, -0.15) is 0 Å². The molecule has 0 radical (unpaired) electrons. The highest BCUT2D eigenvalue weighted by Crippen LogP contribution is 2.27. The molecule has 1 aromatic rings. The van der Waals surface area contributed by atoms with Crippen molar-refractivity contribution in [2.75, 3.05) is 17.3 Å². The highest BCUT2D eigenvalue weighted by atomic mass is 35.5. The standard InChI is InChI=1S/C15H24ClN3/c1-11(2)14-10-12(3)17-15(18-14)19(9-8-16)13-6-4-5-7-13/h10-11,13H,4-9H2,1-3H3. The molecular weight excluding hydrogens is 258 g/mol. The number of nitrogens with zero attached hydrogens (tertiary/aromatic N) is 3. The lowest BCUT2D eigenvalue weighted by Gasteiger charge is -2.29. The molecule has 1 aromatic heterocycles. The molecular formula is C15H24ClN3. The molecule has 4 heteroatoms. The zero-order valence-corrected chi connectivity index (χ0v) is 13.0. The molecule has 0 saturated heterocycles. The van der Waals surface area contributed by atoms with Crippen molar-refractivity contribution in [3.05, 3.63) is 17.5 Å². The van der Waals surface area contributed by atoms with Crippen molar-refractivity contribution < 1.29 is 0 Å². The molecule has 3 nitrogen and oxygen atoms in total. The highest BCUT2D eigenvalue weighted by molar-refractivity contribution is 6.18. The molecule has 0 N–H and O–H groups in total. The molecule has 0 spiro atoms. The summed E-state index contributed by atoms with van der Waals surface area (Å²) in [7, 11) is 0. The van der Waals surface area contributed by atoms with E-state index in [0.29, 0.717) is 17.8 Å². The van der Waals surface area contributed by atoms with Crippen molar-refractivity contribution in [3.63, 3.8) is 0 Å². The van der Waals surface area contributed by atoms with Crippen LogP contribution in [0, 0.1) is 6.92 Å². The molecule has 0 aliphatic heterocycles. The van der Waals surface area contributed by atoms with Crippen molar-refractivity contribution in [2.45, 2.75) is 58.4 Å². The Kier molecular flexibility index (Phi) is 5.03. The highest BCUT2D eigenvalue weighted by Gasteiger charge is 2.24. The normalized spacial score (nSPS) is 16.3. The van der Waals surface area contributed by atoms with Gasteiger partial charge in [-0.05, 0) is 31.7 Å². The second kappa shape index (κ2) is 6.56. The Morgan fingerprint density at radius 3 is 2.58 bits per heavy atom. The van der Waals surface area contributed by atoms with E-state index in [1.807, 2.05) is 6.92 Å². The molecule has 0 amide bonds. The minimum atomic E-state index is 0.432. The molecule has 1 heterocycles. The predicted octanol–water partition coefficient (Wildman–Crippen LogP) is 3.90. The van der Waals surface area contributed by atoms with Gasteiger partial charge in [0.15, 0.2) is 0 Å². The minimum Gasteiger partial charge on any atom is -0.337 e. The molecule has 1 aliphatic carbocycles. The van der Waals surface area contributed by atoms with E-state index in [1.54, 1.807) is 0 Å². The number of aryl methyl sites for hydroxylation is 1. The smallest absolute Gasteiger partial charge is 0.226 e. The average Bonchev–Trinajstić information content (AvgIpc) is 2.88. The number of hydrogen-bond donors (Lipinski definition) is 0. The minimum absolute atomic E-state index is 0.432. The fourth-order valence-electron chi connectivity index (χ4n) is 2.75. The van der Waals surface area contributed by atoms with Gasteiger partial charge in [0.2, 0.25) is 5.95 Å². The first kappa shape index (κ1) is 14.6. The van der Waals surface area contributed by atoms with Crippen molar-refractivity contribution in [2.24, 2.45) is 0 Å². The van der Waals surface area contributed by atoms with Crippen LogP contribution in [-0.2, 0) is 0 Å². The van der Waals surface area contributed by atoms with Gasteiger partial charge in [-0.15, -0.1) is 11.6 Å². The van der Waals surface area contributed by atoms with E-state index < -0.39 is 0 Å². The van der Waals surface area contributed by atoms with Crippen LogP contribution in [0.1, 0.15) is 56.8 Å².